The van der Waals surface area contributed by atoms with Gasteiger partial charge in [0.05, 0.1) is 0 Å². The molecule has 4 heteroatoms. The zero-order valence-electron chi connectivity index (χ0n) is 12.3. The van der Waals surface area contributed by atoms with Crippen LogP contribution in [0.5, 0.6) is 11.5 Å². The average molecular weight is 264 g/mol. The molecule has 0 aliphatic carbocycles. The van der Waals surface area contributed by atoms with Crippen molar-refractivity contribution in [3.63, 3.8) is 0 Å². The van der Waals surface area contributed by atoms with Crippen molar-refractivity contribution in [2.45, 2.75) is 38.3 Å². The lowest BCUT2D eigenvalue weighted by atomic mass is 9.93. The summed E-state index contributed by atoms with van der Waals surface area (Å²) in [5, 5.41) is 0. The normalized spacial score (nSPS) is 15.9. The SMILES string of the molecule is CN(C)C(CCC(C)(C)N)c1ccc2c(c1)OCO2. The van der Waals surface area contributed by atoms with Gasteiger partial charge in [0.2, 0.25) is 6.79 Å². The van der Waals surface area contributed by atoms with E-state index in [4.69, 9.17) is 15.2 Å². The van der Waals surface area contributed by atoms with Crippen molar-refractivity contribution < 1.29 is 9.47 Å². The molecule has 0 aromatic heterocycles. The van der Waals surface area contributed by atoms with Crippen molar-refractivity contribution in [3.05, 3.63) is 23.8 Å². The monoisotopic (exact) mass is 264 g/mol. The summed E-state index contributed by atoms with van der Waals surface area (Å²) < 4.78 is 10.8. The van der Waals surface area contributed by atoms with Crippen molar-refractivity contribution in [3.8, 4) is 11.5 Å². The third-order valence-corrected chi connectivity index (χ3v) is 3.47. The van der Waals surface area contributed by atoms with Crippen LogP contribution in [0.4, 0.5) is 0 Å². The van der Waals surface area contributed by atoms with Gasteiger partial charge < -0.3 is 20.1 Å². The first kappa shape index (κ1) is 14.2. The lowest BCUT2D eigenvalue weighted by molar-refractivity contribution is 0.174. The Balaban J connectivity index is 2.15. The number of hydrogen-bond donors (Lipinski definition) is 1. The van der Waals surface area contributed by atoms with E-state index in [1.54, 1.807) is 0 Å². The van der Waals surface area contributed by atoms with E-state index < -0.39 is 0 Å². The summed E-state index contributed by atoms with van der Waals surface area (Å²) in [4.78, 5) is 2.23. The van der Waals surface area contributed by atoms with Gasteiger partial charge in [0.15, 0.2) is 11.5 Å². The van der Waals surface area contributed by atoms with Crippen LogP contribution < -0.4 is 15.2 Å². The molecule has 0 saturated heterocycles. The molecule has 1 aromatic carbocycles. The minimum absolute atomic E-state index is 0.134. The first-order chi connectivity index (χ1) is 8.87. The predicted octanol–water partition coefficient (Wildman–Crippen LogP) is 2.54. The molecule has 0 fully saturated rings. The van der Waals surface area contributed by atoms with Gasteiger partial charge in [-0.05, 0) is 58.5 Å². The van der Waals surface area contributed by atoms with Crippen molar-refractivity contribution >= 4 is 0 Å². The molecule has 0 spiro atoms. The molecule has 19 heavy (non-hydrogen) atoms. The molecule has 106 valence electrons. The first-order valence-electron chi connectivity index (χ1n) is 6.72. The van der Waals surface area contributed by atoms with Crippen LogP contribution in [0.3, 0.4) is 0 Å². The lowest BCUT2D eigenvalue weighted by Gasteiger charge is -2.28. The van der Waals surface area contributed by atoms with E-state index in [0.717, 1.165) is 24.3 Å². The Morgan fingerprint density at radius 2 is 1.95 bits per heavy atom. The highest BCUT2D eigenvalue weighted by molar-refractivity contribution is 5.45. The quantitative estimate of drug-likeness (QED) is 0.888. The van der Waals surface area contributed by atoms with Crippen LogP contribution in [0.15, 0.2) is 18.2 Å². The van der Waals surface area contributed by atoms with Gasteiger partial charge in [0, 0.05) is 11.6 Å². The Hall–Kier alpha value is -1.26. The van der Waals surface area contributed by atoms with Crippen LogP contribution in [0.2, 0.25) is 0 Å². The zero-order valence-corrected chi connectivity index (χ0v) is 12.3. The predicted molar refractivity (Wildman–Crippen MR) is 76.5 cm³/mol. The fourth-order valence-electron chi connectivity index (χ4n) is 2.35. The van der Waals surface area contributed by atoms with E-state index >= 15 is 0 Å². The molecule has 2 N–H and O–H groups in total. The molecule has 1 aliphatic heterocycles. The Morgan fingerprint density at radius 3 is 2.58 bits per heavy atom. The molecule has 2 rings (SSSR count). The van der Waals surface area contributed by atoms with Crippen molar-refractivity contribution in [2.24, 2.45) is 5.73 Å². The molecule has 1 aromatic rings. The first-order valence-corrected chi connectivity index (χ1v) is 6.72. The molecule has 1 heterocycles. The molecular formula is C15H24N2O2. The summed E-state index contributed by atoms with van der Waals surface area (Å²) in [5.41, 5.74) is 7.20. The molecular weight excluding hydrogens is 240 g/mol. The number of rotatable bonds is 5. The van der Waals surface area contributed by atoms with Crippen molar-refractivity contribution in [1.29, 1.82) is 0 Å². The maximum absolute atomic E-state index is 6.09. The fourth-order valence-corrected chi connectivity index (χ4v) is 2.35. The Labute approximate surface area is 115 Å². The number of ether oxygens (including phenoxy) is 2. The highest BCUT2D eigenvalue weighted by Gasteiger charge is 2.21. The van der Waals surface area contributed by atoms with Crippen LogP contribution in [0.1, 0.15) is 38.3 Å². The summed E-state index contributed by atoms with van der Waals surface area (Å²) in [6, 6.07) is 6.53. The molecule has 0 amide bonds. The van der Waals surface area contributed by atoms with E-state index in [9.17, 15) is 0 Å². The van der Waals surface area contributed by atoms with Gasteiger partial charge in [-0.1, -0.05) is 6.07 Å². The second-order valence-corrected chi connectivity index (χ2v) is 6.12. The van der Waals surface area contributed by atoms with Crippen LogP contribution in [0.25, 0.3) is 0 Å². The Kier molecular flexibility index (Phi) is 4.02. The van der Waals surface area contributed by atoms with E-state index in [2.05, 4.69) is 45.0 Å². The number of nitrogens with two attached hydrogens (primary N) is 1. The summed E-state index contributed by atoms with van der Waals surface area (Å²) in [7, 11) is 4.19. The standard InChI is InChI=1S/C15H24N2O2/c1-15(2,16)8-7-12(17(3)4)11-5-6-13-14(9-11)19-10-18-13/h5-6,9,12H,7-8,10,16H2,1-4H3. The number of nitrogens with zero attached hydrogens (tertiary/aromatic N) is 1. The second-order valence-electron chi connectivity index (χ2n) is 6.12. The van der Waals surface area contributed by atoms with Crippen LogP contribution in [0, 0.1) is 0 Å². The third kappa shape index (κ3) is 3.61. The summed E-state index contributed by atoms with van der Waals surface area (Å²) in [6.07, 6.45) is 2.00. The van der Waals surface area contributed by atoms with Gasteiger partial charge in [0.25, 0.3) is 0 Å². The highest BCUT2D eigenvalue weighted by atomic mass is 16.7. The summed E-state index contributed by atoms with van der Waals surface area (Å²) in [5.74, 6) is 1.68. The summed E-state index contributed by atoms with van der Waals surface area (Å²) >= 11 is 0. The van der Waals surface area contributed by atoms with E-state index in [1.807, 2.05) is 6.07 Å². The Morgan fingerprint density at radius 1 is 1.26 bits per heavy atom. The molecule has 1 unspecified atom stereocenters. The van der Waals surface area contributed by atoms with Crippen LogP contribution in [-0.4, -0.2) is 31.3 Å². The van der Waals surface area contributed by atoms with Gasteiger partial charge in [-0.25, -0.2) is 0 Å². The topological polar surface area (TPSA) is 47.7 Å². The second kappa shape index (κ2) is 5.39. The minimum Gasteiger partial charge on any atom is -0.454 e. The number of fused-ring (bicyclic) bond motifs is 1. The number of benzene rings is 1. The summed E-state index contributed by atoms with van der Waals surface area (Å²) in [6.45, 7) is 4.46. The van der Waals surface area contributed by atoms with Gasteiger partial charge in [-0.2, -0.15) is 0 Å². The fraction of sp³-hybridized carbons (Fsp3) is 0.600. The van der Waals surface area contributed by atoms with Gasteiger partial charge >= 0.3 is 0 Å². The Bertz CT molecular complexity index is 438. The zero-order chi connectivity index (χ0) is 14.0. The molecule has 1 aliphatic rings. The molecule has 0 saturated carbocycles. The molecule has 1 atom stereocenters. The molecule has 0 bridgehead atoms. The van der Waals surface area contributed by atoms with Gasteiger partial charge in [-0.15, -0.1) is 0 Å². The highest BCUT2D eigenvalue weighted by Crippen LogP contribution is 2.36. The van der Waals surface area contributed by atoms with E-state index in [1.165, 1.54) is 5.56 Å². The largest absolute Gasteiger partial charge is 0.454 e. The maximum Gasteiger partial charge on any atom is 0.231 e. The molecule has 0 radical (unpaired) electrons. The smallest absolute Gasteiger partial charge is 0.231 e. The van der Waals surface area contributed by atoms with Crippen LogP contribution in [-0.2, 0) is 0 Å². The molecule has 4 nitrogen and oxygen atoms in total. The van der Waals surface area contributed by atoms with Gasteiger partial charge in [-0.3, -0.25) is 0 Å². The average Bonchev–Trinajstić information content (AvgIpc) is 2.74. The maximum atomic E-state index is 6.09. The van der Waals surface area contributed by atoms with E-state index in [-0.39, 0.29) is 5.54 Å². The third-order valence-electron chi connectivity index (χ3n) is 3.47. The van der Waals surface area contributed by atoms with Gasteiger partial charge in [0.1, 0.15) is 0 Å². The number of hydrogen-bond acceptors (Lipinski definition) is 4. The van der Waals surface area contributed by atoms with Crippen LogP contribution >= 0.6 is 0 Å². The van der Waals surface area contributed by atoms with E-state index in [0.29, 0.717) is 12.8 Å². The van der Waals surface area contributed by atoms with Crippen molar-refractivity contribution in [1.82, 2.24) is 4.90 Å². The van der Waals surface area contributed by atoms with Crippen molar-refractivity contribution in [2.75, 3.05) is 20.9 Å². The minimum atomic E-state index is -0.134. The lowest BCUT2D eigenvalue weighted by Crippen LogP contribution is -2.33.